The Morgan fingerprint density at radius 1 is 1.83 bits per heavy atom. The van der Waals surface area contributed by atoms with Gasteiger partial charge < -0.3 is 15.3 Å². The van der Waals surface area contributed by atoms with Crippen molar-refractivity contribution in [2.75, 3.05) is 20.1 Å². The van der Waals surface area contributed by atoms with Crippen molar-refractivity contribution >= 4 is 6.09 Å². The number of alkyl halides is 1. The van der Waals surface area contributed by atoms with E-state index in [-0.39, 0.29) is 6.54 Å². The molecule has 0 rings (SSSR count). The second kappa shape index (κ2) is 5.77. The van der Waals surface area contributed by atoms with Gasteiger partial charge in [-0.2, -0.15) is 0 Å². The van der Waals surface area contributed by atoms with Crippen LogP contribution in [0.2, 0.25) is 0 Å². The van der Waals surface area contributed by atoms with E-state index in [9.17, 15) is 9.18 Å². The molecule has 0 heterocycles. The Labute approximate surface area is 71.4 Å². The van der Waals surface area contributed by atoms with E-state index >= 15 is 0 Å². The lowest BCUT2D eigenvalue weighted by Crippen LogP contribution is -2.30. The average Bonchev–Trinajstić information content (AvgIpc) is 2.00. The fourth-order valence-electron chi connectivity index (χ4n) is 0.709. The molecule has 0 saturated carbocycles. The van der Waals surface area contributed by atoms with E-state index in [4.69, 9.17) is 5.11 Å². The van der Waals surface area contributed by atoms with Gasteiger partial charge in [0.25, 0.3) is 0 Å². The highest BCUT2D eigenvalue weighted by molar-refractivity contribution is 5.65. The van der Waals surface area contributed by atoms with Gasteiger partial charge in [0.2, 0.25) is 0 Å². The molecular weight excluding hydrogens is 163 g/mol. The first kappa shape index (κ1) is 11.2. The zero-order chi connectivity index (χ0) is 9.56. The normalized spacial score (nSPS) is 12.6. The molecule has 1 atom stereocenters. The first-order valence-electron chi connectivity index (χ1n) is 3.67. The number of hydrogen-bond donors (Lipinski definition) is 2. The number of nitrogens with zero attached hydrogens (tertiary/aromatic N) is 1. The van der Waals surface area contributed by atoms with Crippen LogP contribution in [0.4, 0.5) is 9.18 Å². The molecule has 0 aliphatic carbocycles. The van der Waals surface area contributed by atoms with Crippen LogP contribution in [-0.4, -0.2) is 42.4 Å². The molecule has 0 bridgehead atoms. The topological polar surface area (TPSA) is 52.6 Å². The molecular formula is C7H14FN2O2. The number of halogens is 1. The van der Waals surface area contributed by atoms with E-state index < -0.39 is 12.3 Å². The van der Waals surface area contributed by atoms with Gasteiger partial charge in [-0.05, 0) is 20.0 Å². The molecule has 0 saturated heterocycles. The Balaban J connectivity index is 3.53. The summed E-state index contributed by atoms with van der Waals surface area (Å²) >= 11 is 0. The molecule has 5 heteroatoms. The summed E-state index contributed by atoms with van der Waals surface area (Å²) in [6.07, 6.45) is -2.05. The second-order valence-electron chi connectivity index (χ2n) is 2.49. The summed E-state index contributed by atoms with van der Waals surface area (Å²) in [6.45, 7) is 0.367. The average molecular weight is 177 g/mol. The van der Waals surface area contributed by atoms with Crippen molar-refractivity contribution in [3.63, 3.8) is 0 Å². The molecule has 0 aromatic rings. The molecule has 1 amide bonds. The second-order valence-corrected chi connectivity index (χ2v) is 2.49. The minimum absolute atomic E-state index is 0.170. The highest BCUT2D eigenvalue weighted by Gasteiger charge is 2.12. The van der Waals surface area contributed by atoms with Crippen LogP contribution in [0, 0.1) is 7.05 Å². The molecule has 0 aliphatic rings. The first-order valence-corrected chi connectivity index (χ1v) is 3.67. The van der Waals surface area contributed by atoms with Crippen LogP contribution in [0.1, 0.15) is 6.42 Å². The summed E-state index contributed by atoms with van der Waals surface area (Å²) in [5.74, 6) is 0. The van der Waals surface area contributed by atoms with Crippen LogP contribution in [0.3, 0.4) is 0 Å². The summed E-state index contributed by atoms with van der Waals surface area (Å²) in [6, 6.07) is 0. The van der Waals surface area contributed by atoms with Gasteiger partial charge in [-0.15, -0.1) is 0 Å². The monoisotopic (exact) mass is 177 g/mol. The smallest absolute Gasteiger partial charge is 0.407 e. The molecule has 0 spiro atoms. The van der Waals surface area contributed by atoms with Crippen molar-refractivity contribution in [3.05, 3.63) is 7.05 Å². The molecule has 12 heavy (non-hydrogen) atoms. The van der Waals surface area contributed by atoms with Crippen LogP contribution in [-0.2, 0) is 0 Å². The number of amides is 1. The fraction of sp³-hybridized carbons (Fsp3) is 0.714. The Bertz CT molecular complexity index is 143. The quantitative estimate of drug-likeness (QED) is 0.650. The maximum Gasteiger partial charge on any atom is 0.407 e. The number of carbonyl (C=O) groups is 1. The highest BCUT2D eigenvalue weighted by atomic mass is 19.1. The zero-order valence-corrected chi connectivity index (χ0v) is 7.09. The number of rotatable bonds is 5. The maximum absolute atomic E-state index is 12.8. The van der Waals surface area contributed by atoms with E-state index in [2.05, 4.69) is 12.4 Å². The third kappa shape index (κ3) is 4.90. The zero-order valence-electron chi connectivity index (χ0n) is 7.09. The number of nitrogens with one attached hydrogen (secondary N) is 1. The van der Waals surface area contributed by atoms with Crippen molar-refractivity contribution < 1.29 is 14.3 Å². The third-order valence-corrected chi connectivity index (χ3v) is 1.40. The van der Waals surface area contributed by atoms with Gasteiger partial charge >= 0.3 is 6.09 Å². The summed E-state index contributed by atoms with van der Waals surface area (Å²) in [5, 5.41) is 11.1. The summed E-state index contributed by atoms with van der Waals surface area (Å²) in [4.78, 5) is 10.9. The van der Waals surface area contributed by atoms with Crippen LogP contribution in [0.15, 0.2) is 0 Å². The first-order chi connectivity index (χ1) is 5.57. The van der Waals surface area contributed by atoms with E-state index in [0.717, 1.165) is 0 Å². The fourth-order valence-corrected chi connectivity index (χ4v) is 0.709. The Kier molecular flexibility index (Phi) is 5.36. The van der Waals surface area contributed by atoms with E-state index in [1.54, 1.807) is 7.05 Å². The molecule has 0 aliphatic heterocycles. The Morgan fingerprint density at radius 2 is 2.42 bits per heavy atom. The largest absolute Gasteiger partial charge is 0.465 e. The minimum atomic E-state index is -1.21. The maximum atomic E-state index is 12.8. The van der Waals surface area contributed by atoms with Crippen LogP contribution in [0.25, 0.3) is 0 Å². The highest BCUT2D eigenvalue weighted by Crippen LogP contribution is 2.00. The van der Waals surface area contributed by atoms with Gasteiger partial charge in [0.1, 0.15) is 6.17 Å². The minimum Gasteiger partial charge on any atom is -0.465 e. The Hall–Kier alpha value is -0.840. The molecule has 0 fully saturated rings. The van der Waals surface area contributed by atoms with Crippen molar-refractivity contribution in [3.8, 4) is 0 Å². The van der Waals surface area contributed by atoms with Crippen LogP contribution >= 0.6 is 0 Å². The molecule has 0 aromatic carbocycles. The van der Waals surface area contributed by atoms with E-state index in [0.29, 0.717) is 17.9 Å². The van der Waals surface area contributed by atoms with Crippen molar-refractivity contribution in [1.29, 1.82) is 0 Å². The van der Waals surface area contributed by atoms with Gasteiger partial charge in [0, 0.05) is 7.05 Å². The van der Waals surface area contributed by atoms with Gasteiger partial charge in [-0.25, -0.2) is 9.18 Å². The van der Waals surface area contributed by atoms with Gasteiger partial charge in [0.15, 0.2) is 0 Å². The lowest BCUT2D eigenvalue weighted by molar-refractivity contribution is 0.146. The van der Waals surface area contributed by atoms with Crippen molar-refractivity contribution in [2.24, 2.45) is 0 Å². The SMILES string of the molecule is [CH2]N(CC(F)CCNC)C(=O)O. The van der Waals surface area contributed by atoms with Crippen LogP contribution in [0.5, 0.6) is 0 Å². The lowest BCUT2D eigenvalue weighted by atomic mass is 10.2. The van der Waals surface area contributed by atoms with E-state index in [1.165, 1.54) is 0 Å². The van der Waals surface area contributed by atoms with Gasteiger partial charge in [0.05, 0.1) is 6.54 Å². The summed E-state index contributed by atoms with van der Waals surface area (Å²) < 4.78 is 12.8. The Morgan fingerprint density at radius 3 is 2.83 bits per heavy atom. The molecule has 2 N–H and O–H groups in total. The summed E-state index contributed by atoms with van der Waals surface area (Å²) in [7, 11) is 4.87. The molecule has 0 aromatic heterocycles. The van der Waals surface area contributed by atoms with Crippen molar-refractivity contribution in [1.82, 2.24) is 10.2 Å². The third-order valence-electron chi connectivity index (χ3n) is 1.40. The molecule has 1 unspecified atom stereocenters. The predicted octanol–water partition coefficient (Wildman–Crippen LogP) is 0.706. The number of carboxylic acid groups (broad SMARTS) is 1. The van der Waals surface area contributed by atoms with Gasteiger partial charge in [-0.1, -0.05) is 0 Å². The number of hydrogen-bond acceptors (Lipinski definition) is 2. The van der Waals surface area contributed by atoms with Crippen molar-refractivity contribution in [2.45, 2.75) is 12.6 Å². The van der Waals surface area contributed by atoms with Crippen LogP contribution < -0.4 is 5.32 Å². The molecule has 1 radical (unpaired) electrons. The molecule has 71 valence electrons. The lowest BCUT2D eigenvalue weighted by Gasteiger charge is -2.15. The van der Waals surface area contributed by atoms with E-state index in [1.807, 2.05) is 0 Å². The predicted molar refractivity (Wildman–Crippen MR) is 43.5 cm³/mol. The van der Waals surface area contributed by atoms with Gasteiger partial charge in [-0.3, -0.25) is 0 Å². The molecule has 4 nitrogen and oxygen atoms in total. The standard InChI is InChI=1S/C7H14FN2O2/c1-9-4-3-6(8)5-10(2)7(11)12/h6,9H,2-5H2,1H3,(H,11,12). The summed E-state index contributed by atoms with van der Waals surface area (Å²) in [5.41, 5.74) is 0.